The molecular weight excluding hydrogens is 457 g/mol. The van der Waals surface area contributed by atoms with Crippen molar-refractivity contribution in [3.63, 3.8) is 0 Å². The van der Waals surface area contributed by atoms with Gasteiger partial charge < -0.3 is 0 Å². The molecule has 0 aliphatic carbocycles. The minimum atomic E-state index is -0.401. The second kappa shape index (κ2) is 17.7. The van der Waals surface area contributed by atoms with Crippen LogP contribution in [0.15, 0.2) is 34.3 Å². The average Bonchev–Trinajstić information content (AvgIpc) is 3.15. The summed E-state index contributed by atoms with van der Waals surface area (Å²) in [5.74, 6) is 2.40. The number of para-hydroxylation sites is 2. The maximum absolute atomic E-state index is 5.03. The van der Waals surface area contributed by atoms with E-state index in [2.05, 4.69) is 38.1 Å². The van der Waals surface area contributed by atoms with Gasteiger partial charge in [0.15, 0.2) is 0 Å². The van der Waals surface area contributed by atoms with Crippen LogP contribution in [-0.4, -0.2) is 15.8 Å². The van der Waals surface area contributed by atoms with Gasteiger partial charge in [0, 0.05) is 11.5 Å². The predicted molar refractivity (Wildman–Crippen MR) is 148 cm³/mol. The minimum Gasteiger partial charge on any atom is -0.232 e. The third kappa shape index (κ3) is 11.8. The van der Waals surface area contributed by atoms with Crippen LogP contribution >= 0.6 is 43.2 Å². The highest BCUT2D eigenvalue weighted by Gasteiger charge is 2.33. The number of nitrogens with zero attached hydrogens (tertiary/aromatic N) is 2. The van der Waals surface area contributed by atoms with E-state index in [9.17, 15) is 0 Å². The SMILES string of the molecule is CCCCCCCCCCSSC1(SSCCCCCCCC)N=c2ccccc2=N1. The Morgan fingerprint density at radius 2 is 0.968 bits per heavy atom. The molecule has 6 heteroatoms. The smallest absolute Gasteiger partial charge is 0.232 e. The maximum Gasteiger partial charge on any atom is 0.266 e. The van der Waals surface area contributed by atoms with Crippen LogP contribution in [0.5, 0.6) is 0 Å². The molecule has 0 unspecified atom stereocenters. The van der Waals surface area contributed by atoms with Crippen molar-refractivity contribution in [2.45, 2.75) is 108 Å². The third-order valence-electron chi connectivity index (χ3n) is 5.40. The lowest BCUT2D eigenvalue weighted by atomic mass is 10.1. The molecule has 0 atom stereocenters. The lowest BCUT2D eigenvalue weighted by Crippen LogP contribution is -2.19. The highest BCUT2D eigenvalue weighted by molar-refractivity contribution is 8.85. The zero-order chi connectivity index (χ0) is 22.0. The summed E-state index contributed by atoms with van der Waals surface area (Å²) in [6.45, 7) is 4.57. The molecule has 0 spiro atoms. The number of fused-ring (bicyclic) bond motifs is 1. The number of benzene rings is 1. The first-order chi connectivity index (χ1) is 15.3. The summed E-state index contributed by atoms with van der Waals surface area (Å²) in [4.78, 5) is 10.1. The highest BCUT2D eigenvalue weighted by Crippen LogP contribution is 2.51. The monoisotopic (exact) mass is 498 g/mol. The Hall–Kier alpha value is 0.220. The molecule has 0 amide bonds. The molecule has 0 saturated heterocycles. The highest BCUT2D eigenvalue weighted by atomic mass is 33.1. The van der Waals surface area contributed by atoms with Crippen molar-refractivity contribution in [1.29, 1.82) is 0 Å². The molecule has 2 rings (SSSR count). The molecule has 1 heterocycles. The molecule has 0 saturated carbocycles. The molecule has 0 fully saturated rings. The van der Waals surface area contributed by atoms with Crippen molar-refractivity contribution < 1.29 is 0 Å². The topological polar surface area (TPSA) is 24.7 Å². The van der Waals surface area contributed by atoms with Crippen molar-refractivity contribution in [2.75, 3.05) is 11.5 Å². The van der Waals surface area contributed by atoms with Crippen molar-refractivity contribution in [3.05, 3.63) is 35.0 Å². The van der Waals surface area contributed by atoms with Crippen molar-refractivity contribution in [3.8, 4) is 0 Å². The van der Waals surface area contributed by atoms with E-state index >= 15 is 0 Å². The van der Waals surface area contributed by atoms with Gasteiger partial charge in [-0.2, -0.15) is 0 Å². The molecule has 1 aliphatic rings. The van der Waals surface area contributed by atoms with Gasteiger partial charge in [-0.15, -0.1) is 0 Å². The van der Waals surface area contributed by atoms with Crippen LogP contribution in [-0.2, 0) is 0 Å². The molecule has 0 aromatic heterocycles. The van der Waals surface area contributed by atoms with Crippen LogP contribution in [0.2, 0.25) is 0 Å². The zero-order valence-corrected chi connectivity index (χ0v) is 22.9. The fourth-order valence-corrected chi connectivity index (χ4v) is 9.76. The lowest BCUT2D eigenvalue weighted by Gasteiger charge is -2.20. The second-order valence-electron chi connectivity index (χ2n) is 8.31. The van der Waals surface area contributed by atoms with E-state index in [1.807, 2.05) is 43.2 Å². The first-order valence-electron chi connectivity index (χ1n) is 12.5. The molecular formula is C25H42N2S4. The Morgan fingerprint density at radius 3 is 1.39 bits per heavy atom. The van der Waals surface area contributed by atoms with E-state index in [-0.39, 0.29) is 0 Å². The molecule has 1 aliphatic heterocycles. The van der Waals surface area contributed by atoms with Gasteiger partial charge in [-0.05, 0) is 46.6 Å². The first kappa shape index (κ1) is 27.5. The normalized spacial score (nSPS) is 14.3. The Morgan fingerprint density at radius 1 is 0.581 bits per heavy atom. The van der Waals surface area contributed by atoms with Gasteiger partial charge in [0.1, 0.15) is 0 Å². The summed E-state index contributed by atoms with van der Waals surface area (Å²) in [6, 6.07) is 8.34. The van der Waals surface area contributed by atoms with E-state index in [4.69, 9.17) is 9.98 Å². The molecule has 1 aromatic rings. The van der Waals surface area contributed by atoms with E-state index in [0.717, 1.165) is 10.7 Å². The molecule has 2 nitrogen and oxygen atoms in total. The van der Waals surface area contributed by atoms with Gasteiger partial charge in [-0.25, -0.2) is 9.98 Å². The van der Waals surface area contributed by atoms with Gasteiger partial charge in [0.25, 0.3) is 4.33 Å². The first-order valence-corrected chi connectivity index (χ1v) is 17.1. The molecule has 176 valence electrons. The standard InChI is InChI=1S/C25H42N2S4/c1-3-5-7-9-11-12-14-18-22-29-31-25(26-23-19-15-16-20-24(23)27-25)30-28-21-17-13-10-8-6-4-2/h15-16,19-20H,3-14,17-18,21-22H2,1-2H3. The number of unbranched alkanes of at least 4 members (excludes halogenated alkanes) is 12. The Balaban J connectivity index is 1.68. The lowest BCUT2D eigenvalue weighted by molar-refractivity contribution is 0.586. The summed E-state index contributed by atoms with van der Waals surface area (Å²) < 4.78 is -0.401. The van der Waals surface area contributed by atoms with Gasteiger partial charge in [-0.3, -0.25) is 0 Å². The molecule has 0 radical (unpaired) electrons. The Kier molecular flexibility index (Phi) is 15.6. The van der Waals surface area contributed by atoms with Crippen LogP contribution in [0.25, 0.3) is 0 Å². The number of hydrogen-bond acceptors (Lipinski definition) is 6. The van der Waals surface area contributed by atoms with E-state index in [0.29, 0.717) is 0 Å². The van der Waals surface area contributed by atoms with Crippen LogP contribution in [0, 0.1) is 0 Å². The quantitative estimate of drug-likeness (QED) is 0.102. The van der Waals surface area contributed by atoms with E-state index in [1.54, 1.807) is 0 Å². The molecule has 1 aromatic carbocycles. The van der Waals surface area contributed by atoms with Crippen molar-refractivity contribution in [1.82, 2.24) is 0 Å². The summed E-state index contributed by atoms with van der Waals surface area (Å²) >= 11 is 0. The average molecular weight is 499 g/mol. The molecule has 31 heavy (non-hydrogen) atoms. The maximum atomic E-state index is 5.03. The second-order valence-corrected chi connectivity index (χ2v) is 13.7. The number of hydrogen-bond donors (Lipinski definition) is 0. The van der Waals surface area contributed by atoms with E-state index < -0.39 is 4.33 Å². The van der Waals surface area contributed by atoms with Crippen LogP contribution in [0.4, 0.5) is 0 Å². The van der Waals surface area contributed by atoms with Crippen LogP contribution in [0.1, 0.15) is 104 Å². The summed E-state index contributed by atoms with van der Waals surface area (Å²) in [6.07, 6.45) is 19.2. The fourth-order valence-electron chi connectivity index (χ4n) is 3.54. The van der Waals surface area contributed by atoms with E-state index in [1.165, 1.54) is 101 Å². The van der Waals surface area contributed by atoms with Crippen LogP contribution in [0.3, 0.4) is 0 Å². The third-order valence-corrected chi connectivity index (χ3v) is 11.6. The zero-order valence-electron chi connectivity index (χ0n) is 19.7. The largest absolute Gasteiger partial charge is 0.266 e. The van der Waals surface area contributed by atoms with Gasteiger partial charge >= 0.3 is 0 Å². The predicted octanol–water partition coefficient (Wildman–Crippen LogP) is 8.81. The number of rotatable bonds is 20. The molecule has 0 bridgehead atoms. The summed E-state index contributed by atoms with van der Waals surface area (Å²) in [7, 11) is 7.65. The Labute approximate surface area is 206 Å². The summed E-state index contributed by atoms with van der Waals surface area (Å²) in [5.41, 5.74) is 0. The van der Waals surface area contributed by atoms with Crippen LogP contribution < -0.4 is 10.7 Å². The minimum absolute atomic E-state index is 0.401. The summed E-state index contributed by atoms with van der Waals surface area (Å²) in [5, 5.41) is 2.10. The fraction of sp³-hybridized carbons (Fsp3) is 0.760. The van der Waals surface area contributed by atoms with Crippen molar-refractivity contribution >= 4 is 43.2 Å². The molecule has 0 N–H and O–H groups in total. The van der Waals surface area contributed by atoms with Gasteiger partial charge in [0.2, 0.25) is 0 Å². The van der Waals surface area contributed by atoms with Crippen molar-refractivity contribution in [2.24, 2.45) is 9.98 Å². The van der Waals surface area contributed by atoms with Gasteiger partial charge in [-0.1, -0.05) is 125 Å². The van der Waals surface area contributed by atoms with Gasteiger partial charge in [0.05, 0.1) is 10.7 Å². The Bertz CT molecular complexity index is 660.